The van der Waals surface area contributed by atoms with Crippen molar-refractivity contribution in [2.75, 3.05) is 13.1 Å². The zero-order chi connectivity index (χ0) is 22.3. The summed E-state index contributed by atoms with van der Waals surface area (Å²) in [6.45, 7) is -2.21. The van der Waals surface area contributed by atoms with Gasteiger partial charge in [0.05, 0.1) is 24.4 Å². The number of para-hydroxylation sites is 1. The number of phenols is 1. The monoisotopic (exact) mass is 433 g/mol. The molecule has 2 aliphatic heterocycles. The topological polar surface area (TPSA) is 112 Å². The molecule has 0 unspecified atom stereocenters. The van der Waals surface area contributed by atoms with Gasteiger partial charge < -0.3 is 29.4 Å². The van der Waals surface area contributed by atoms with Crippen LogP contribution in [0.15, 0.2) is 60.8 Å². The smallest absolute Gasteiger partial charge is 0.430 e. The average Bonchev–Trinajstić information content (AvgIpc) is 2.76. The number of rotatable bonds is 4. The molecule has 8 nitrogen and oxygen atoms in total. The number of ether oxygens (including phenoxy) is 1. The van der Waals surface area contributed by atoms with Crippen LogP contribution in [-0.4, -0.2) is 56.9 Å². The van der Waals surface area contributed by atoms with Crippen molar-refractivity contribution < 1.29 is 29.3 Å². The summed E-state index contributed by atoms with van der Waals surface area (Å²) < 4.78 is 11.7. The van der Waals surface area contributed by atoms with Gasteiger partial charge in [-0.3, -0.25) is 9.78 Å². The predicted molar refractivity (Wildman–Crippen MR) is 117 cm³/mol. The number of aromatic nitrogens is 1. The van der Waals surface area contributed by atoms with Gasteiger partial charge in [0, 0.05) is 11.8 Å². The van der Waals surface area contributed by atoms with E-state index in [0.29, 0.717) is 47.8 Å². The maximum Gasteiger partial charge on any atom is 0.430 e. The highest BCUT2D eigenvalue weighted by atomic mass is 16.6. The molecule has 0 bridgehead atoms. The van der Waals surface area contributed by atoms with Crippen LogP contribution in [0, 0.1) is 0 Å². The van der Waals surface area contributed by atoms with Gasteiger partial charge in [-0.1, -0.05) is 36.7 Å². The Hall–Kier alpha value is -3.56. The lowest BCUT2D eigenvalue weighted by atomic mass is 9.70. The van der Waals surface area contributed by atoms with E-state index in [-0.39, 0.29) is 24.1 Å². The molecule has 0 atom stereocenters. The second-order valence-corrected chi connectivity index (χ2v) is 8.12. The minimum absolute atomic E-state index is 0.0227. The Bertz CT molecular complexity index is 1160. The third-order valence-corrected chi connectivity index (χ3v) is 5.78. The van der Waals surface area contributed by atoms with Crippen LogP contribution in [-0.2, 0) is 6.42 Å². The molecular weight excluding hydrogens is 411 g/mol. The fraction of sp³-hybridized carbons (Fsp3) is 0.217. The van der Waals surface area contributed by atoms with Crippen LogP contribution in [0.1, 0.15) is 16.1 Å². The summed E-state index contributed by atoms with van der Waals surface area (Å²) in [4.78, 5) is 18.3. The average molecular weight is 433 g/mol. The minimum Gasteiger partial charge on any atom is -0.669 e. The van der Waals surface area contributed by atoms with Crippen LogP contribution in [0.3, 0.4) is 0 Å². The first kappa shape index (κ1) is 20.4. The summed E-state index contributed by atoms with van der Waals surface area (Å²) in [6.07, 6.45) is 1.85. The van der Waals surface area contributed by atoms with Crippen molar-refractivity contribution in [1.29, 1.82) is 0 Å². The zero-order valence-corrected chi connectivity index (χ0v) is 17.2. The molecule has 0 radical (unpaired) electrons. The Labute approximate surface area is 184 Å². The van der Waals surface area contributed by atoms with E-state index in [1.165, 1.54) is 0 Å². The van der Waals surface area contributed by atoms with E-state index < -0.39 is 6.75 Å². The zero-order valence-electron chi connectivity index (χ0n) is 17.2. The standard InChI is InChI=1S/C23H22BN2O6/c27-19-7-2-1-5-17(19)21-20(9-8-15-10-11-24(29,30)32-22(15)21)31-16-13-26(14-16)23(28)18-6-3-4-12-25-18/h1-9,12,16,27,29-30H,10-11,13-14H2/q-1. The number of aromatic hydroxyl groups is 1. The van der Waals surface area contributed by atoms with Crippen LogP contribution < -0.4 is 9.39 Å². The fourth-order valence-corrected chi connectivity index (χ4v) is 4.08. The van der Waals surface area contributed by atoms with Crippen molar-refractivity contribution >= 4 is 12.7 Å². The number of phenolic OH excluding ortho intramolecular Hbond substituents is 1. The lowest BCUT2D eigenvalue weighted by Gasteiger charge is -2.41. The summed E-state index contributed by atoms with van der Waals surface area (Å²) in [5, 5.41) is 30.8. The Morgan fingerprint density at radius 2 is 1.88 bits per heavy atom. The third-order valence-electron chi connectivity index (χ3n) is 5.78. The van der Waals surface area contributed by atoms with Gasteiger partial charge in [0.2, 0.25) is 0 Å². The highest BCUT2D eigenvalue weighted by Gasteiger charge is 2.36. The molecule has 5 rings (SSSR count). The SMILES string of the molecule is O=C(c1ccccn1)N1CC(Oc2ccc3c(c2-c2ccccc2O)O[B-](O)(O)CC3)C1. The molecule has 3 aromatic rings. The van der Waals surface area contributed by atoms with Crippen LogP contribution in [0.2, 0.25) is 6.32 Å². The van der Waals surface area contributed by atoms with E-state index in [9.17, 15) is 19.9 Å². The minimum atomic E-state index is -2.99. The maximum absolute atomic E-state index is 12.5. The van der Waals surface area contributed by atoms with Crippen molar-refractivity contribution in [2.45, 2.75) is 18.8 Å². The maximum atomic E-state index is 12.5. The van der Waals surface area contributed by atoms with Gasteiger partial charge in [0.1, 0.15) is 23.3 Å². The Balaban J connectivity index is 1.43. The number of nitrogens with zero attached hydrogens (tertiary/aromatic N) is 2. The van der Waals surface area contributed by atoms with Crippen LogP contribution in [0.4, 0.5) is 0 Å². The number of carbonyl (C=O) groups excluding carboxylic acids is 1. The van der Waals surface area contributed by atoms with Crippen molar-refractivity contribution in [3.8, 4) is 28.4 Å². The Morgan fingerprint density at radius 3 is 2.62 bits per heavy atom. The van der Waals surface area contributed by atoms with Gasteiger partial charge in [-0.2, -0.15) is 0 Å². The number of hydrogen-bond acceptors (Lipinski definition) is 7. The van der Waals surface area contributed by atoms with Crippen molar-refractivity contribution in [3.05, 3.63) is 72.1 Å². The molecule has 1 fully saturated rings. The Kier molecular flexibility index (Phi) is 4.99. The molecule has 2 aliphatic rings. The number of amides is 1. The second-order valence-electron chi connectivity index (χ2n) is 8.12. The molecule has 1 amide bonds. The number of likely N-dealkylation sites (tertiary alicyclic amines) is 1. The van der Waals surface area contributed by atoms with E-state index in [4.69, 9.17) is 9.39 Å². The quantitative estimate of drug-likeness (QED) is 0.541. The molecule has 32 heavy (non-hydrogen) atoms. The summed E-state index contributed by atoms with van der Waals surface area (Å²) in [5.41, 5.74) is 2.11. The molecule has 3 N–H and O–H groups in total. The van der Waals surface area contributed by atoms with Crippen molar-refractivity contribution in [3.63, 3.8) is 0 Å². The summed E-state index contributed by atoms with van der Waals surface area (Å²) >= 11 is 0. The van der Waals surface area contributed by atoms with Gasteiger partial charge in [-0.25, -0.2) is 0 Å². The summed E-state index contributed by atoms with van der Waals surface area (Å²) in [5.74, 6) is 0.595. The van der Waals surface area contributed by atoms with Gasteiger partial charge in [-0.05, 0) is 36.2 Å². The van der Waals surface area contributed by atoms with E-state index in [0.717, 1.165) is 5.56 Å². The number of aryl methyl sites for hydroxylation is 1. The lowest BCUT2D eigenvalue weighted by molar-refractivity contribution is 0.0175. The molecule has 3 heterocycles. The number of hydrogen-bond donors (Lipinski definition) is 3. The largest absolute Gasteiger partial charge is 0.669 e. The van der Waals surface area contributed by atoms with Crippen molar-refractivity contribution in [2.24, 2.45) is 0 Å². The predicted octanol–water partition coefficient (Wildman–Crippen LogP) is 2.22. The molecule has 164 valence electrons. The molecule has 0 spiro atoms. The highest BCUT2D eigenvalue weighted by Crippen LogP contribution is 2.47. The van der Waals surface area contributed by atoms with Crippen LogP contribution in [0.5, 0.6) is 17.2 Å². The molecule has 0 aliphatic carbocycles. The fourth-order valence-electron chi connectivity index (χ4n) is 4.08. The number of fused-ring (bicyclic) bond motifs is 1. The third kappa shape index (κ3) is 3.76. The van der Waals surface area contributed by atoms with Gasteiger partial charge in [0.15, 0.2) is 0 Å². The van der Waals surface area contributed by atoms with E-state index in [1.54, 1.807) is 59.6 Å². The number of benzene rings is 2. The first-order chi connectivity index (χ1) is 15.4. The van der Waals surface area contributed by atoms with Crippen LogP contribution >= 0.6 is 0 Å². The number of pyridine rings is 1. The summed E-state index contributed by atoms with van der Waals surface area (Å²) in [6, 6.07) is 15.6. The van der Waals surface area contributed by atoms with E-state index >= 15 is 0 Å². The lowest BCUT2D eigenvalue weighted by Crippen LogP contribution is -2.56. The first-order valence-corrected chi connectivity index (χ1v) is 10.5. The van der Waals surface area contributed by atoms with E-state index in [2.05, 4.69) is 4.98 Å². The normalized spacial score (nSPS) is 17.1. The number of carbonyl (C=O) groups is 1. The molecule has 2 aromatic carbocycles. The van der Waals surface area contributed by atoms with Gasteiger partial charge in [-0.15, -0.1) is 0 Å². The van der Waals surface area contributed by atoms with E-state index in [1.807, 2.05) is 6.07 Å². The Morgan fingerprint density at radius 1 is 1.09 bits per heavy atom. The molecular formula is C23H22BN2O6-. The summed E-state index contributed by atoms with van der Waals surface area (Å²) in [7, 11) is 0. The molecule has 1 saturated heterocycles. The van der Waals surface area contributed by atoms with Gasteiger partial charge in [0.25, 0.3) is 5.91 Å². The molecule has 0 saturated carbocycles. The van der Waals surface area contributed by atoms with Crippen LogP contribution in [0.25, 0.3) is 11.1 Å². The first-order valence-electron chi connectivity index (χ1n) is 10.5. The van der Waals surface area contributed by atoms with Gasteiger partial charge >= 0.3 is 6.75 Å². The molecule has 1 aromatic heterocycles. The second kappa shape index (κ2) is 7.85. The highest BCUT2D eigenvalue weighted by molar-refractivity contribution is 6.59. The van der Waals surface area contributed by atoms with Crippen molar-refractivity contribution in [1.82, 2.24) is 9.88 Å². The molecule has 9 heteroatoms.